The first kappa shape index (κ1) is 17.4. The molecule has 2 heterocycles. The second kappa shape index (κ2) is 5.60. The highest BCUT2D eigenvalue weighted by atomic mass is 19.4. The van der Waals surface area contributed by atoms with Crippen molar-refractivity contribution >= 4 is 5.91 Å². The van der Waals surface area contributed by atoms with Gasteiger partial charge in [0.15, 0.2) is 12.0 Å². The Labute approximate surface area is 126 Å². The Balaban J connectivity index is 2.04. The number of ether oxygens (including phenoxy) is 1. The molecule has 0 radical (unpaired) electrons. The maximum Gasteiger partial charge on any atom is 0.404 e. The van der Waals surface area contributed by atoms with Gasteiger partial charge in [-0.3, -0.25) is 4.79 Å². The molecule has 1 aromatic rings. The van der Waals surface area contributed by atoms with Crippen LogP contribution in [-0.4, -0.2) is 48.0 Å². The standard InChI is InChI=1S/C12H12F6N2O3/c1-7-4-8(19-23-7)22-5-9(21)20-3-2-10(6-20,11(13,14)15)12(16,17)18/h4H,2-3,5-6H2,1H3. The molecule has 1 fully saturated rings. The summed E-state index contributed by atoms with van der Waals surface area (Å²) in [6.45, 7) is -1.31. The predicted octanol–water partition coefficient (Wildman–Crippen LogP) is 2.71. The summed E-state index contributed by atoms with van der Waals surface area (Å²) in [5.74, 6) is -0.684. The lowest BCUT2D eigenvalue weighted by atomic mass is 9.85. The summed E-state index contributed by atoms with van der Waals surface area (Å²) in [5.41, 5.74) is -3.90. The van der Waals surface area contributed by atoms with E-state index in [2.05, 4.69) is 9.68 Å². The van der Waals surface area contributed by atoms with E-state index < -0.39 is 49.8 Å². The summed E-state index contributed by atoms with van der Waals surface area (Å²) in [4.78, 5) is 12.3. The molecule has 0 spiro atoms. The highest BCUT2D eigenvalue weighted by molar-refractivity contribution is 5.78. The summed E-state index contributed by atoms with van der Waals surface area (Å²) in [6.07, 6.45) is -12.2. The second-order valence-electron chi connectivity index (χ2n) is 5.21. The van der Waals surface area contributed by atoms with E-state index in [1.165, 1.54) is 6.07 Å². The van der Waals surface area contributed by atoms with Gasteiger partial charge in [0.05, 0.1) is 0 Å². The summed E-state index contributed by atoms with van der Waals surface area (Å²) in [5, 5.41) is 3.39. The Morgan fingerprint density at radius 1 is 1.35 bits per heavy atom. The van der Waals surface area contributed by atoms with E-state index in [1.807, 2.05) is 0 Å². The van der Waals surface area contributed by atoms with Crippen LogP contribution in [0.2, 0.25) is 0 Å². The molecule has 0 aliphatic carbocycles. The van der Waals surface area contributed by atoms with Crippen molar-refractivity contribution in [3.63, 3.8) is 0 Å². The number of amides is 1. The second-order valence-corrected chi connectivity index (χ2v) is 5.21. The van der Waals surface area contributed by atoms with Crippen LogP contribution >= 0.6 is 0 Å². The van der Waals surface area contributed by atoms with Crippen molar-refractivity contribution in [2.75, 3.05) is 19.7 Å². The number of rotatable bonds is 3. The molecule has 0 aromatic carbocycles. The first-order valence-electron chi connectivity index (χ1n) is 6.44. The largest absolute Gasteiger partial charge is 0.465 e. The highest BCUT2D eigenvalue weighted by Gasteiger charge is 2.72. The number of alkyl halides is 6. The number of nitrogens with zero attached hydrogens (tertiary/aromatic N) is 2. The van der Waals surface area contributed by atoms with E-state index in [1.54, 1.807) is 6.92 Å². The zero-order valence-electron chi connectivity index (χ0n) is 11.8. The van der Waals surface area contributed by atoms with Gasteiger partial charge < -0.3 is 14.2 Å². The number of halogens is 6. The van der Waals surface area contributed by atoms with Crippen molar-refractivity contribution in [2.45, 2.75) is 25.7 Å². The topological polar surface area (TPSA) is 55.6 Å². The van der Waals surface area contributed by atoms with Crippen LogP contribution in [0.25, 0.3) is 0 Å². The van der Waals surface area contributed by atoms with Gasteiger partial charge in [-0.05, 0) is 18.5 Å². The fourth-order valence-electron chi connectivity index (χ4n) is 2.28. The normalized spacial score (nSPS) is 18.3. The zero-order chi connectivity index (χ0) is 17.5. The Kier molecular flexibility index (Phi) is 4.24. The number of carbonyl (C=O) groups is 1. The summed E-state index contributed by atoms with van der Waals surface area (Å²) in [7, 11) is 0. The van der Waals surface area contributed by atoms with Crippen LogP contribution in [-0.2, 0) is 4.79 Å². The van der Waals surface area contributed by atoms with Crippen molar-refractivity contribution in [1.82, 2.24) is 10.1 Å². The molecule has 0 unspecified atom stereocenters. The zero-order valence-corrected chi connectivity index (χ0v) is 11.8. The van der Waals surface area contributed by atoms with Gasteiger partial charge in [0, 0.05) is 19.2 Å². The Morgan fingerprint density at radius 2 is 1.96 bits per heavy atom. The first-order valence-corrected chi connectivity index (χ1v) is 6.44. The molecular formula is C12H12F6N2O3. The van der Waals surface area contributed by atoms with E-state index in [9.17, 15) is 31.1 Å². The van der Waals surface area contributed by atoms with Crippen LogP contribution in [0.3, 0.4) is 0 Å². The molecule has 130 valence electrons. The summed E-state index contributed by atoms with van der Waals surface area (Å²) in [6, 6.07) is 1.33. The molecule has 1 saturated heterocycles. The molecule has 1 aliphatic rings. The van der Waals surface area contributed by atoms with Gasteiger partial charge in [-0.25, -0.2) is 0 Å². The Morgan fingerprint density at radius 3 is 2.39 bits per heavy atom. The SMILES string of the molecule is Cc1cc(OCC(=O)N2CCC(C(F)(F)F)(C(F)(F)F)C2)no1. The third-order valence-electron chi connectivity index (χ3n) is 3.66. The van der Waals surface area contributed by atoms with Gasteiger partial charge in [-0.1, -0.05) is 0 Å². The number of aromatic nitrogens is 1. The van der Waals surface area contributed by atoms with Crippen molar-refractivity contribution in [3.05, 3.63) is 11.8 Å². The number of hydrogen-bond acceptors (Lipinski definition) is 4. The molecule has 0 atom stereocenters. The Hall–Kier alpha value is -1.94. The maximum atomic E-state index is 12.9. The van der Waals surface area contributed by atoms with Gasteiger partial charge >= 0.3 is 12.4 Å². The highest BCUT2D eigenvalue weighted by Crippen LogP contribution is 2.55. The number of likely N-dealkylation sites (tertiary alicyclic amines) is 1. The van der Waals surface area contributed by atoms with Crippen LogP contribution in [0.1, 0.15) is 12.2 Å². The van der Waals surface area contributed by atoms with Crippen molar-refractivity contribution in [1.29, 1.82) is 0 Å². The third-order valence-corrected chi connectivity index (χ3v) is 3.66. The maximum absolute atomic E-state index is 12.9. The average Bonchev–Trinajstić information content (AvgIpc) is 3.01. The van der Waals surface area contributed by atoms with E-state index in [-0.39, 0.29) is 5.88 Å². The lowest BCUT2D eigenvalue weighted by molar-refractivity contribution is -0.334. The molecule has 0 N–H and O–H groups in total. The monoisotopic (exact) mass is 346 g/mol. The number of carbonyl (C=O) groups excluding carboxylic acids is 1. The average molecular weight is 346 g/mol. The fraction of sp³-hybridized carbons (Fsp3) is 0.667. The number of hydrogen-bond donors (Lipinski definition) is 0. The van der Waals surface area contributed by atoms with Crippen molar-refractivity contribution in [3.8, 4) is 5.88 Å². The molecule has 0 bridgehead atoms. The molecule has 1 aromatic heterocycles. The smallest absolute Gasteiger partial charge is 0.404 e. The molecular weight excluding hydrogens is 334 g/mol. The van der Waals surface area contributed by atoms with Gasteiger partial charge in [0.25, 0.3) is 11.8 Å². The van der Waals surface area contributed by atoms with Crippen LogP contribution in [0.4, 0.5) is 26.3 Å². The summed E-state index contributed by atoms with van der Waals surface area (Å²) < 4.78 is 86.9. The predicted molar refractivity (Wildman–Crippen MR) is 62.5 cm³/mol. The molecule has 23 heavy (non-hydrogen) atoms. The van der Waals surface area contributed by atoms with Crippen LogP contribution in [0, 0.1) is 12.3 Å². The van der Waals surface area contributed by atoms with E-state index in [4.69, 9.17) is 4.74 Å². The molecule has 11 heteroatoms. The van der Waals surface area contributed by atoms with Crippen molar-refractivity contribution < 1.29 is 40.4 Å². The van der Waals surface area contributed by atoms with E-state index in [0.717, 1.165) is 0 Å². The van der Waals surface area contributed by atoms with E-state index >= 15 is 0 Å². The lowest BCUT2D eigenvalue weighted by Crippen LogP contribution is -2.52. The van der Waals surface area contributed by atoms with Crippen LogP contribution in [0.5, 0.6) is 5.88 Å². The van der Waals surface area contributed by atoms with E-state index in [0.29, 0.717) is 10.7 Å². The number of aryl methyl sites for hydroxylation is 1. The summed E-state index contributed by atoms with van der Waals surface area (Å²) >= 11 is 0. The molecule has 5 nitrogen and oxygen atoms in total. The van der Waals surface area contributed by atoms with Crippen LogP contribution < -0.4 is 4.74 Å². The van der Waals surface area contributed by atoms with Crippen LogP contribution in [0.15, 0.2) is 10.6 Å². The lowest BCUT2D eigenvalue weighted by Gasteiger charge is -2.33. The minimum atomic E-state index is -5.50. The molecule has 1 aliphatic heterocycles. The quantitative estimate of drug-likeness (QED) is 0.790. The first-order chi connectivity index (χ1) is 10.5. The van der Waals surface area contributed by atoms with Gasteiger partial charge in [0.1, 0.15) is 5.76 Å². The molecule has 0 saturated carbocycles. The Bertz CT molecular complexity index is 566. The molecule has 2 rings (SSSR count). The van der Waals surface area contributed by atoms with Gasteiger partial charge in [-0.15, -0.1) is 0 Å². The minimum Gasteiger partial charge on any atom is -0.465 e. The minimum absolute atomic E-state index is 0.0760. The fourth-order valence-corrected chi connectivity index (χ4v) is 2.28. The molecule has 1 amide bonds. The van der Waals surface area contributed by atoms with Gasteiger partial charge in [-0.2, -0.15) is 26.3 Å². The van der Waals surface area contributed by atoms with Gasteiger partial charge in [0.2, 0.25) is 0 Å². The van der Waals surface area contributed by atoms with Crippen molar-refractivity contribution in [2.24, 2.45) is 5.41 Å². The third kappa shape index (κ3) is 3.22.